The molecular weight excluding hydrogens is 275 g/mol. The van der Waals surface area contributed by atoms with Crippen LogP contribution < -0.4 is 14.2 Å². The minimum atomic E-state index is -0.317. The van der Waals surface area contributed by atoms with Crippen LogP contribution in [0.5, 0.6) is 17.2 Å². The maximum absolute atomic E-state index is 12.8. The first-order chi connectivity index (χ1) is 10.2. The van der Waals surface area contributed by atoms with E-state index in [1.54, 1.807) is 30.3 Å². The Morgan fingerprint density at radius 3 is 2.67 bits per heavy atom. The molecule has 0 fully saturated rings. The molecule has 21 heavy (non-hydrogen) atoms. The van der Waals surface area contributed by atoms with Crippen molar-refractivity contribution < 1.29 is 23.4 Å². The number of carbonyl (C=O) groups excluding carboxylic acids is 1. The Kier molecular flexibility index (Phi) is 3.73. The molecule has 0 N–H and O–H groups in total. The van der Waals surface area contributed by atoms with E-state index in [-0.39, 0.29) is 31.4 Å². The minimum Gasteiger partial charge on any atom is -0.486 e. The Labute approximate surface area is 121 Å². The van der Waals surface area contributed by atoms with Gasteiger partial charge in [-0.05, 0) is 29.8 Å². The smallest absolute Gasteiger partial charge is 0.231 e. The minimum absolute atomic E-state index is 0.0446. The van der Waals surface area contributed by atoms with Crippen LogP contribution >= 0.6 is 0 Å². The third kappa shape index (κ3) is 3.31. The first-order valence-corrected chi connectivity index (χ1v) is 6.49. The number of fused-ring (bicyclic) bond motifs is 1. The van der Waals surface area contributed by atoms with Crippen molar-refractivity contribution in [1.82, 2.24) is 0 Å². The normalized spacial score (nSPS) is 12.2. The van der Waals surface area contributed by atoms with Gasteiger partial charge in [0.15, 0.2) is 17.3 Å². The summed E-state index contributed by atoms with van der Waals surface area (Å²) in [6, 6.07) is 11.0. The topological polar surface area (TPSA) is 44.8 Å². The predicted molar refractivity (Wildman–Crippen MR) is 73.2 cm³/mol. The fourth-order valence-corrected chi connectivity index (χ4v) is 2.01. The molecule has 0 amide bonds. The summed E-state index contributed by atoms with van der Waals surface area (Å²) in [7, 11) is 0. The zero-order chi connectivity index (χ0) is 14.7. The molecule has 5 heteroatoms. The molecule has 108 valence electrons. The van der Waals surface area contributed by atoms with Gasteiger partial charge in [0.05, 0.1) is 0 Å². The molecule has 2 aromatic carbocycles. The first-order valence-electron chi connectivity index (χ1n) is 6.49. The van der Waals surface area contributed by atoms with E-state index in [1.807, 2.05) is 0 Å². The zero-order valence-electron chi connectivity index (χ0n) is 11.2. The molecule has 0 bridgehead atoms. The Morgan fingerprint density at radius 2 is 1.86 bits per heavy atom. The Bertz CT molecular complexity index is 652. The fourth-order valence-electron chi connectivity index (χ4n) is 2.01. The predicted octanol–water partition coefficient (Wildman–Crippen LogP) is 2.75. The number of ether oxygens (including phenoxy) is 3. The van der Waals surface area contributed by atoms with Crippen LogP contribution in [0.1, 0.15) is 5.56 Å². The summed E-state index contributed by atoms with van der Waals surface area (Å²) in [5.41, 5.74) is 0.760. The number of hydrogen-bond acceptors (Lipinski definition) is 4. The van der Waals surface area contributed by atoms with E-state index in [0.29, 0.717) is 17.2 Å². The van der Waals surface area contributed by atoms with Crippen molar-refractivity contribution in [3.8, 4) is 17.2 Å². The number of rotatable bonds is 5. The highest BCUT2D eigenvalue weighted by Crippen LogP contribution is 2.35. The number of ketones is 1. The standard InChI is InChI=1S/C16H13FO4/c17-12-3-1-11(2-4-12)7-13(18)9-19-14-5-6-15-16(8-14)21-10-20-15/h1-6,8H,7,9-10H2. The average Bonchev–Trinajstić information content (AvgIpc) is 2.95. The van der Waals surface area contributed by atoms with Gasteiger partial charge >= 0.3 is 0 Å². The molecular formula is C16H13FO4. The molecule has 0 spiro atoms. The molecule has 0 aliphatic carbocycles. The van der Waals surface area contributed by atoms with Gasteiger partial charge < -0.3 is 14.2 Å². The van der Waals surface area contributed by atoms with Crippen molar-refractivity contribution in [3.63, 3.8) is 0 Å². The van der Waals surface area contributed by atoms with Crippen LogP contribution in [-0.4, -0.2) is 19.2 Å². The van der Waals surface area contributed by atoms with E-state index in [1.165, 1.54) is 12.1 Å². The molecule has 0 saturated heterocycles. The molecule has 1 aliphatic heterocycles. The number of benzene rings is 2. The van der Waals surface area contributed by atoms with Crippen molar-refractivity contribution in [3.05, 3.63) is 53.8 Å². The molecule has 0 saturated carbocycles. The lowest BCUT2D eigenvalue weighted by Gasteiger charge is -2.06. The van der Waals surface area contributed by atoms with Crippen LogP contribution in [0.3, 0.4) is 0 Å². The van der Waals surface area contributed by atoms with Gasteiger partial charge in [-0.1, -0.05) is 12.1 Å². The van der Waals surface area contributed by atoms with E-state index in [2.05, 4.69) is 0 Å². The maximum atomic E-state index is 12.8. The highest BCUT2D eigenvalue weighted by atomic mass is 19.1. The van der Waals surface area contributed by atoms with Crippen molar-refractivity contribution in [2.24, 2.45) is 0 Å². The Morgan fingerprint density at radius 1 is 1.10 bits per heavy atom. The van der Waals surface area contributed by atoms with Crippen molar-refractivity contribution in [2.75, 3.05) is 13.4 Å². The maximum Gasteiger partial charge on any atom is 0.231 e. The Hall–Kier alpha value is -2.56. The van der Waals surface area contributed by atoms with E-state index < -0.39 is 0 Å². The van der Waals surface area contributed by atoms with Crippen LogP contribution in [-0.2, 0) is 11.2 Å². The summed E-state index contributed by atoms with van der Waals surface area (Å²) in [4.78, 5) is 11.8. The molecule has 0 atom stereocenters. The third-order valence-electron chi connectivity index (χ3n) is 3.06. The van der Waals surface area contributed by atoms with Crippen LogP contribution in [0.4, 0.5) is 4.39 Å². The lowest BCUT2D eigenvalue weighted by molar-refractivity contribution is -0.120. The lowest BCUT2D eigenvalue weighted by atomic mass is 10.1. The van der Waals surface area contributed by atoms with E-state index in [0.717, 1.165) is 5.56 Å². The summed E-state index contributed by atoms with van der Waals surface area (Å²) < 4.78 is 28.6. The van der Waals surface area contributed by atoms with Gasteiger partial charge in [-0.25, -0.2) is 4.39 Å². The second kappa shape index (κ2) is 5.83. The lowest BCUT2D eigenvalue weighted by Crippen LogP contribution is -2.13. The summed E-state index contributed by atoms with van der Waals surface area (Å²) in [5.74, 6) is 1.42. The fraction of sp³-hybridized carbons (Fsp3) is 0.188. The molecule has 1 heterocycles. The van der Waals surface area contributed by atoms with Crippen molar-refractivity contribution >= 4 is 5.78 Å². The highest BCUT2D eigenvalue weighted by Gasteiger charge is 2.14. The van der Waals surface area contributed by atoms with Crippen molar-refractivity contribution in [1.29, 1.82) is 0 Å². The monoisotopic (exact) mass is 288 g/mol. The number of Topliss-reactive ketones (excluding diaryl/α,β-unsaturated/α-hetero) is 1. The van der Waals surface area contributed by atoms with Crippen LogP contribution in [0.15, 0.2) is 42.5 Å². The average molecular weight is 288 g/mol. The molecule has 3 rings (SSSR count). The third-order valence-corrected chi connectivity index (χ3v) is 3.06. The van der Waals surface area contributed by atoms with Gasteiger partial charge in [0.25, 0.3) is 0 Å². The van der Waals surface area contributed by atoms with Crippen LogP contribution in [0.2, 0.25) is 0 Å². The highest BCUT2D eigenvalue weighted by molar-refractivity contribution is 5.82. The molecule has 0 aromatic heterocycles. The molecule has 2 aromatic rings. The summed E-state index contributed by atoms with van der Waals surface area (Å²) >= 11 is 0. The quantitative estimate of drug-likeness (QED) is 0.848. The van der Waals surface area contributed by atoms with Gasteiger partial charge in [-0.15, -0.1) is 0 Å². The van der Waals surface area contributed by atoms with E-state index >= 15 is 0 Å². The largest absolute Gasteiger partial charge is 0.486 e. The first kappa shape index (κ1) is 13.4. The summed E-state index contributed by atoms with van der Waals surface area (Å²) in [6.45, 7) is 0.152. The van der Waals surface area contributed by atoms with Crippen LogP contribution in [0.25, 0.3) is 0 Å². The van der Waals surface area contributed by atoms with Gasteiger partial charge in [-0.3, -0.25) is 4.79 Å². The SMILES string of the molecule is O=C(COc1ccc2c(c1)OCO2)Cc1ccc(F)cc1. The molecule has 0 unspecified atom stereocenters. The number of carbonyl (C=O) groups is 1. The summed E-state index contributed by atoms with van der Waals surface area (Å²) in [6.07, 6.45) is 0.213. The summed E-state index contributed by atoms with van der Waals surface area (Å²) in [5, 5.41) is 0. The number of hydrogen-bond donors (Lipinski definition) is 0. The molecule has 1 aliphatic rings. The van der Waals surface area contributed by atoms with Crippen LogP contribution in [0, 0.1) is 5.82 Å². The number of halogens is 1. The van der Waals surface area contributed by atoms with Gasteiger partial charge in [0.2, 0.25) is 6.79 Å². The van der Waals surface area contributed by atoms with Gasteiger partial charge in [-0.2, -0.15) is 0 Å². The van der Waals surface area contributed by atoms with E-state index in [9.17, 15) is 9.18 Å². The van der Waals surface area contributed by atoms with Gasteiger partial charge in [0, 0.05) is 12.5 Å². The second-order valence-corrected chi connectivity index (χ2v) is 4.65. The second-order valence-electron chi connectivity index (χ2n) is 4.65. The van der Waals surface area contributed by atoms with Gasteiger partial charge in [0.1, 0.15) is 18.2 Å². The van der Waals surface area contributed by atoms with Crippen molar-refractivity contribution in [2.45, 2.75) is 6.42 Å². The zero-order valence-corrected chi connectivity index (χ0v) is 11.2. The Balaban J connectivity index is 1.55. The van der Waals surface area contributed by atoms with E-state index in [4.69, 9.17) is 14.2 Å². The molecule has 0 radical (unpaired) electrons. The molecule has 4 nitrogen and oxygen atoms in total.